The largest absolute Gasteiger partial charge is 0.458 e. The maximum Gasteiger partial charge on any atom is 0.334 e. The number of esters is 1. The lowest BCUT2D eigenvalue weighted by atomic mass is 9.59. The molecule has 1 N–H and O–H groups in total. The van der Waals surface area contributed by atoms with E-state index < -0.39 is 29.5 Å². The van der Waals surface area contributed by atoms with Gasteiger partial charge in [-0.15, -0.1) is 6.58 Å². The van der Waals surface area contributed by atoms with Crippen molar-refractivity contribution in [2.24, 2.45) is 17.3 Å². The lowest BCUT2D eigenvalue weighted by molar-refractivity contribution is -0.146. The van der Waals surface area contributed by atoms with Gasteiger partial charge in [-0.05, 0) is 17.4 Å². The molecule has 0 aromatic carbocycles. The minimum atomic E-state index is -0.734. The zero-order chi connectivity index (χ0) is 14.4. The molecule has 0 aromatic heterocycles. The predicted molar refractivity (Wildman–Crippen MR) is 70.1 cm³/mol. The van der Waals surface area contributed by atoms with Crippen LogP contribution in [0.4, 0.5) is 0 Å². The number of carbonyl (C=O) groups is 2. The van der Waals surface area contributed by atoms with Crippen LogP contribution in [0.25, 0.3) is 0 Å². The van der Waals surface area contributed by atoms with Gasteiger partial charge in [0.05, 0.1) is 12.0 Å². The van der Waals surface area contributed by atoms with Gasteiger partial charge in [0.2, 0.25) is 0 Å². The van der Waals surface area contributed by atoms with Gasteiger partial charge in [-0.1, -0.05) is 26.2 Å². The van der Waals surface area contributed by atoms with Crippen LogP contribution in [-0.4, -0.2) is 29.6 Å². The molecule has 0 radical (unpaired) electrons. The van der Waals surface area contributed by atoms with E-state index in [-0.39, 0.29) is 11.5 Å². The van der Waals surface area contributed by atoms with Crippen LogP contribution in [0.1, 0.15) is 13.3 Å². The van der Waals surface area contributed by atoms with E-state index >= 15 is 0 Å². The van der Waals surface area contributed by atoms with E-state index in [0.29, 0.717) is 18.3 Å². The van der Waals surface area contributed by atoms with Crippen molar-refractivity contribution in [3.05, 3.63) is 37.0 Å². The number of aldehydes is 1. The molecule has 0 spiro atoms. The van der Waals surface area contributed by atoms with Crippen LogP contribution < -0.4 is 0 Å². The SMILES string of the molecule is C=C[C@]1(C)C[C@H](O)[C@H]2C(=C)C(=O)O[C@@H]2[C@H]1C(=C)C=O. The van der Waals surface area contributed by atoms with Crippen LogP contribution in [0.15, 0.2) is 37.0 Å². The molecular formula is C15H18O4. The van der Waals surface area contributed by atoms with Gasteiger partial charge < -0.3 is 9.84 Å². The summed E-state index contributed by atoms with van der Waals surface area (Å²) in [5.41, 5.74) is 0.0860. The van der Waals surface area contributed by atoms with E-state index in [9.17, 15) is 14.7 Å². The van der Waals surface area contributed by atoms with Gasteiger partial charge in [0.15, 0.2) is 0 Å². The quantitative estimate of drug-likeness (QED) is 0.361. The first kappa shape index (κ1) is 13.7. The first-order chi connectivity index (χ1) is 8.85. The highest BCUT2D eigenvalue weighted by molar-refractivity contribution is 5.91. The van der Waals surface area contributed by atoms with Crippen molar-refractivity contribution in [1.29, 1.82) is 0 Å². The second-order valence-electron chi connectivity index (χ2n) is 5.57. The fraction of sp³-hybridized carbons (Fsp3) is 0.467. The highest BCUT2D eigenvalue weighted by atomic mass is 16.6. The summed E-state index contributed by atoms with van der Waals surface area (Å²) in [5, 5.41) is 10.2. The van der Waals surface area contributed by atoms with Gasteiger partial charge in [0.25, 0.3) is 0 Å². The third-order valence-corrected chi connectivity index (χ3v) is 4.38. The molecule has 2 aliphatic rings. The summed E-state index contributed by atoms with van der Waals surface area (Å²) in [7, 11) is 0. The molecule has 1 aliphatic carbocycles. The fourth-order valence-electron chi connectivity index (χ4n) is 3.33. The molecule has 4 heteroatoms. The Morgan fingerprint density at radius 3 is 2.74 bits per heavy atom. The third kappa shape index (κ3) is 1.87. The summed E-state index contributed by atoms with van der Waals surface area (Å²) in [4.78, 5) is 22.7. The Bertz CT molecular complexity index is 479. The number of hydrogen-bond donors (Lipinski definition) is 1. The van der Waals surface area contributed by atoms with Gasteiger partial charge in [0, 0.05) is 11.5 Å². The third-order valence-electron chi connectivity index (χ3n) is 4.38. The lowest BCUT2D eigenvalue weighted by Gasteiger charge is -2.46. The molecule has 2 rings (SSSR count). The summed E-state index contributed by atoms with van der Waals surface area (Å²) in [5.74, 6) is -1.35. The normalized spacial score (nSPS) is 41.4. The van der Waals surface area contributed by atoms with Crippen LogP contribution in [-0.2, 0) is 14.3 Å². The standard InChI is InChI=1S/C15H18O4/c1-5-15(4)6-10(17)11-9(3)14(18)19-13(11)12(15)8(2)7-16/h5,7,10-13,17H,1-3,6H2,4H3/t10-,11+,12+,13-,15+/m0/s1. The second-order valence-corrected chi connectivity index (χ2v) is 5.57. The van der Waals surface area contributed by atoms with Crippen LogP contribution in [0.2, 0.25) is 0 Å². The summed E-state index contributed by atoms with van der Waals surface area (Å²) in [6.45, 7) is 13.1. The second kappa shape index (κ2) is 4.46. The van der Waals surface area contributed by atoms with Crippen molar-refractivity contribution >= 4 is 12.3 Å². The molecule has 4 nitrogen and oxygen atoms in total. The maximum absolute atomic E-state index is 11.7. The number of hydrogen-bond acceptors (Lipinski definition) is 4. The van der Waals surface area contributed by atoms with E-state index in [4.69, 9.17) is 4.74 Å². The Morgan fingerprint density at radius 2 is 2.21 bits per heavy atom. The van der Waals surface area contributed by atoms with Gasteiger partial charge >= 0.3 is 5.97 Å². The first-order valence-electron chi connectivity index (χ1n) is 6.21. The smallest absolute Gasteiger partial charge is 0.334 e. The molecule has 19 heavy (non-hydrogen) atoms. The zero-order valence-corrected chi connectivity index (χ0v) is 11.0. The minimum absolute atomic E-state index is 0.271. The number of rotatable bonds is 3. The van der Waals surface area contributed by atoms with E-state index in [1.807, 2.05) is 6.92 Å². The van der Waals surface area contributed by atoms with Crippen molar-refractivity contribution in [3.8, 4) is 0 Å². The molecular weight excluding hydrogens is 244 g/mol. The minimum Gasteiger partial charge on any atom is -0.458 e. The predicted octanol–water partition coefficient (Wildman–Crippen LogP) is 1.41. The van der Waals surface area contributed by atoms with Crippen LogP contribution >= 0.6 is 0 Å². The Morgan fingerprint density at radius 1 is 1.58 bits per heavy atom. The molecule has 0 bridgehead atoms. The molecule has 2 fully saturated rings. The van der Waals surface area contributed by atoms with Crippen molar-refractivity contribution in [1.82, 2.24) is 0 Å². The molecule has 0 unspecified atom stereocenters. The number of allylic oxidation sites excluding steroid dienone is 1. The van der Waals surface area contributed by atoms with Gasteiger partial charge in [-0.2, -0.15) is 0 Å². The van der Waals surface area contributed by atoms with Crippen molar-refractivity contribution in [2.45, 2.75) is 25.6 Å². The Kier molecular flexibility index (Phi) is 3.22. The van der Waals surface area contributed by atoms with Crippen LogP contribution in [0.5, 0.6) is 0 Å². The molecule has 1 saturated carbocycles. The van der Waals surface area contributed by atoms with Crippen LogP contribution in [0.3, 0.4) is 0 Å². The maximum atomic E-state index is 11.7. The van der Waals surface area contributed by atoms with Crippen molar-refractivity contribution in [3.63, 3.8) is 0 Å². The van der Waals surface area contributed by atoms with Crippen molar-refractivity contribution in [2.75, 3.05) is 0 Å². The summed E-state index contributed by atoms with van der Waals surface area (Å²) < 4.78 is 5.31. The van der Waals surface area contributed by atoms with Crippen molar-refractivity contribution < 1.29 is 19.4 Å². The molecule has 5 atom stereocenters. The molecule has 102 valence electrons. The highest BCUT2D eigenvalue weighted by Crippen LogP contribution is 2.52. The number of ether oxygens (including phenoxy) is 1. The number of carbonyl (C=O) groups excluding carboxylic acids is 2. The zero-order valence-electron chi connectivity index (χ0n) is 11.0. The van der Waals surface area contributed by atoms with E-state index in [0.717, 1.165) is 0 Å². The average Bonchev–Trinajstić information content (AvgIpc) is 2.65. The Hall–Kier alpha value is -1.68. The molecule has 0 aromatic rings. The molecule has 1 aliphatic heterocycles. The molecule has 1 heterocycles. The summed E-state index contributed by atoms with van der Waals surface area (Å²) >= 11 is 0. The number of aliphatic hydroxyl groups excluding tert-OH is 1. The molecule has 1 saturated heterocycles. The highest BCUT2D eigenvalue weighted by Gasteiger charge is 2.57. The van der Waals surface area contributed by atoms with E-state index in [1.165, 1.54) is 0 Å². The number of aliphatic hydroxyl groups is 1. The molecule has 0 amide bonds. The van der Waals surface area contributed by atoms with E-state index in [2.05, 4.69) is 19.7 Å². The van der Waals surface area contributed by atoms with E-state index in [1.54, 1.807) is 6.08 Å². The summed E-state index contributed by atoms with van der Waals surface area (Å²) in [6.07, 6.45) is 1.44. The lowest BCUT2D eigenvalue weighted by Crippen LogP contribution is -2.50. The fourth-order valence-corrected chi connectivity index (χ4v) is 3.33. The Labute approximate surface area is 112 Å². The average molecular weight is 262 g/mol. The van der Waals surface area contributed by atoms with Gasteiger partial charge in [0.1, 0.15) is 12.4 Å². The first-order valence-corrected chi connectivity index (χ1v) is 6.21. The van der Waals surface area contributed by atoms with Gasteiger partial charge in [-0.3, -0.25) is 4.79 Å². The monoisotopic (exact) mass is 262 g/mol. The number of fused-ring (bicyclic) bond motifs is 1. The Balaban J connectivity index is 2.49. The van der Waals surface area contributed by atoms with Crippen LogP contribution in [0, 0.1) is 17.3 Å². The van der Waals surface area contributed by atoms with Gasteiger partial charge in [-0.25, -0.2) is 4.79 Å². The summed E-state index contributed by atoms with van der Waals surface area (Å²) in [6, 6.07) is 0. The topological polar surface area (TPSA) is 63.6 Å².